The second-order valence-corrected chi connectivity index (χ2v) is 4.90. The number of methoxy groups -OCH3 is 1. The van der Waals surface area contributed by atoms with Crippen molar-refractivity contribution in [2.24, 2.45) is 7.05 Å². The number of aromatic nitrogens is 1. The predicted octanol–water partition coefficient (Wildman–Crippen LogP) is 1.23. The number of hydrogen-bond donors (Lipinski definition) is 0. The quantitative estimate of drug-likeness (QED) is 0.616. The van der Waals surface area contributed by atoms with Gasteiger partial charge in [-0.2, -0.15) is 0 Å². The molecule has 0 unspecified atom stereocenters. The molecule has 0 aliphatic heterocycles. The fourth-order valence-corrected chi connectivity index (χ4v) is 2.46. The third-order valence-corrected chi connectivity index (χ3v) is 3.52. The SMILES string of the molecule is COCCSc1ccc2c(c1)c(=O)oc(=O)n2C. The molecule has 0 amide bonds. The van der Waals surface area contributed by atoms with Crippen molar-refractivity contribution in [2.45, 2.75) is 4.90 Å². The Bertz CT molecular complexity index is 674. The molecule has 18 heavy (non-hydrogen) atoms. The third-order valence-electron chi connectivity index (χ3n) is 2.56. The van der Waals surface area contributed by atoms with Crippen molar-refractivity contribution in [3.63, 3.8) is 0 Å². The summed E-state index contributed by atoms with van der Waals surface area (Å²) in [6.07, 6.45) is 0. The average molecular weight is 267 g/mol. The summed E-state index contributed by atoms with van der Waals surface area (Å²) in [5.74, 6) is 0.159. The van der Waals surface area contributed by atoms with Crippen LogP contribution in [0, 0.1) is 0 Å². The van der Waals surface area contributed by atoms with E-state index < -0.39 is 11.4 Å². The maximum atomic E-state index is 11.6. The number of fused-ring (bicyclic) bond motifs is 1. The molecule has 1 aromatic heterocycles. The number of rotatable bonds is 4. The van der Waals surface area contributed by atoms with E-state index in [-0.39, 0.29) is 0 Å². The number of thioether (sulfide) groups is 1. The van der Waals surface area contributed by atoms with Crippen LogP contribution in [0.25, 0.3) is 10.9 Å². The summed E-state index contributed by atoms with van der Waals surface area (Å²) in [5.41, 5.74) is -0.0189. The van der Waals surface area contributed by atoms with Gasteiger partial charge < -0.3 is 9.15 Å². The molecule has 0 radical (unpaired) electrons. The lowest BCUT2D eigenvalue weighted by Gasteiger charge is -2.05. The number of nitrogens with zero attached hydrogens (tertiary/aromatic N) is 1. The summed E-state index contributed by atoms with van der Waals surface area (Å²) in [6.45, 7) is 0.643. The molecular weight excluding hydrogens is 254 g/mol. The first-order valence-corrected chi connectivity index (χ1v) is 6.37. The van der Waals surface area contributed by atoms with Crippen molar-refractivity contribution in [3.8, 4) is 0 Å². The highest BCUT2D eigenvalue weighted by atomic mass is 32.2. The Labute approximate surface area is 107 Å². The van der Waals surface area contributed by atoms with Crippen LogP contribution in [-0.2, 0) is 11.8 Å². The molecule has 2 aromatic rings. The highest BCUT2D eigenvalue weighted by Gasteiger charge is 2.07. The first kappa shape index (κ1) is 12.9. The minimum Gasteiger partial charge on any atom is -0.384 e. The molecule has 0 saturated carbocycles. The standard InChI is InChI=1S/C12H13NO4S/c1-13-10-4-3-8(18-6-5-16-2)7-9(10)11(14)17-12(13)15/h3-4,7H,5-6H2,1-2H3. The molecule has 0 N–H and O–H groups in total. The molecular formula is C12H13NO4S. The van der Waals surface area contributed by atoms with Crippen LogP contribution in [0.4, 0.5) is 0 Å². The van der Waals surface area contributed by atoms with E-state index in [4.69, 9.17) is 4.74 Å². The van der Waals surface area contributed by atoms with Crippen molar-refractivity contribution in [1.82, 2.24) is 4.57 Å². The number of hydrogen-bond acceptors (Lipinski definition) is 5. The summed E-state index contributed by atoms with van der Waals surface area (Å²) in [4.78, 5) is 23.9. The summed E-state index contributed by atoms with van der Waals surface area (Å²) < 4.78 is 10.9. The van der Waals surface area contributed by atoms with Crippen molar-refractivity contribution in [1.29, 1.82) is 0 Å². The van der Waals surface area contributed by atoms with E-state index in [1.165, 1.54) is 4.57 Å². The van der Waals surface area contributed by atoms with Gasteiger partial charge in [-0.25, -0.2) is 9.59 Å². The van der Waals surface area contributed by atoms with Gasteiger partial charge in [-0.15, -0.1) is 11.8 Å². The first-order chi connectivity index (χ1) is 8.63. The van der Waals surface area contributed by atoms with Crippen LogP contribution < -0.4 is 11.4 Å². The van der Waals surface area contributed by atoms with Crippen LogP contribution in [0.2, 0.25) is 0 Å². The first-order valence-electron chi connectivity index (χ1n) is 5.39. The Balaban J connectivity index is 2.46. The van der Waals surface area contributed by atoms with Crippen LogP contribution in [0.5, 0.6) is 0 Å². The topological polar surface area (TPSA) is 61.4 Å². The van der Waals surface area contributed by atoms with E-state index in [0.717, 1.165) is 10.6 Å². The Kier molecular flexibility index (Phi) is 3.88. The third kappa shape index (κ3) is 2.49. The Morgan fingerprint density at radius 1 is 1.39 bits per heavy atom. The normalized spacial score (nSPS) is 11.0. The van der Waals surface area contributed by atoms with Gasteiger partial charge in [0.05, 0.1) is 17.5 Å². The smallest absolute Gasteiger partial charge is 0.384 e. The van der Waals surface area contributed by atoms with Gasteiger partial charge in [-0.3, -0.25) is 4.57 Å². The van der Waals surface area contributed by atoms with Crippen LogP contribution in [0.3, 0.4) is 0 Å². The van der Waals surface area contributed by atoms with Crippen LogP contribution in [-0.4, -0.2) is 24.0 Å². The van der Waals surface area contributed by atoms with Crippen molar-refractivity contribution >= 4 is 22.7 Å². The number of benzene rings is 1. The van der Waals surface area contributed by atoms with Gasteiger partial charge in [0.1, 0.15) is 0 Å². The fourth-order valence-electron chi connectivity index (χ4n) is 1.60. The molecule has 6 heteroatoms. The molecule has 1 aromatic carbocycles. The average Bonchev–Trinajstić information content (AvgIpc) is 2.36. The molecule has 0 fully saturated rings. The van der Waals surface area contributed by atoms with Crippen molar-refractivity contribution in [2.75, 3.05) is 19.5 Å². The zero-order valence-corrected chi connectivity index (χ0v) is 11.0. The van der Waals surface area contributed by atoms with E-state index in [1.54, 1.807) is 38.1 Å². The van der Waals surface area contributed by atoms with Crippen molar-refractivity contribution in [3.05, 3.63) is 39.2 Å². The van der Waals surface area contributed by atoms with E-state index >= 15 is 0 Å². The van der Waals surface area contributed by atoms with Gasteiger partial charge in [0.2, 0.25) is 0 Å². The summed E-state index contributed by atoms with van der Waals surface area (Å²) in [5, 5.41) is 0.416. The monoisotopic (exact) mass is 267 g/mol. The molecule has 0 bridgehead atoms. The zero-order valence-electron chi connectivity index (χ0n) is 10.1. The minimum absolute atomic E-state index is 0.416. The Morgan fingerprint density at radius 3 is 2.89 bits per heavy atom. The maximum Gasteiger partial charge on any atom is 0.422 e. The second kappa shape index (κ2) is 5.41. The highest BCUT2D eigenvalue weighted by molar-refractivity contribution is 7.99. The van der Waals surface area contributed by atoms with E-state index in [0.29, 0.717) is 17.5 Å². The largest absolute Gasteiger partial charge is 0.422 e. The number of ether oxygens (including phenoxy) is 1. The van der Waals surface area contributed by atoms with E-state index in [9.17, 15) is 9.59 Å². The summed E-state index contributed by atoms with van der Waals surface area (Å²) in [7, 11) is 3.22. The lowest BCUT2D eigenvalue weighted by atomic mass is 10.2. The van der Waals surface area contributed by atoms with Crippen LogP contribution in [0.1, 0.15) is 0 Å². The molecule has 96 valence electrons. The van der Waals surface area contributed by atoms with Gasteiger partial charge in [0.15, 0.2) is 0 Å². The highest BCUT2D eigenvalue weighted by Crippen LogP contribution is 2.21. The van der Waals surface area contributed by atoms with Gasteiger partial charge in [0.25, 0.3) is 0 Å². The van der Waals surface area contributed by atoms with Crippen LogP contribution >= 0.6 is 11.8 Å². The molecule has 5 nitrogen and oxygen atoms in total. The molecule has 0 atom stereocenters. The second-order valence-electron chi connectivity index (χ2n) is 3.73. The van der Waals surface area contributed by atoms with Gasteiger partial charge in [-0.05, 0) is 18.2 Å². The molecule has 0 spiro atoms. The minimum atomic E-state index is -0.646. The number of aryl methyl sites for hydroxylation is 1. The Morgan fingerprint density at radius 2 is 2.17 bits per heavy atom. The zero-order chi connectivity index (χ0) is 13.1. The fraction of sp³-hybridized carbons (Fsp3) is 0.333. The van der Waals surface area contributed by atoms with E-state index in [2.05, 4.69) is 4.42 Å². The van der Waals surface area contributed by atoms with Gasteiger partial charge >= 0.3 is 11.4 Å². The lowest BCUT2D eigenvalue weighted by Crippen LogP contribution is -2.22. The van der Waals surface area contributed by atoms with Crippen LogP contribution in [0.15, 0.2) is 37.1 Å². The van der Waals surface area contributed by atoms with Gasteiger partial charge in [-0.1, -0.05) is 0 Å². The van der Waals surface area contributed by atoms with Gasteiger partial charge in [0, 0.05) is 24.8 Å². The van der Waals surface area contributed by atoms with Crippen molar-refractivity contribution < 1.29 is 9.15 Å². The molecule has 2 rings (SSSR count). The maximum absolute atomic E-state index is 11.6. The molecule has 0 aliphatic carbocycles. The molecule has 0 aliphatic rings. The predicted molar refractivity (Wildman–Crippen MR) is 70.3 cm³/mol. The summed E-state index contributed by atoms with van der Waals surface area (Å²) in [6, 6.07) is 5.37. The van der Waals surface area contributed by atoms with E-state index in [1.807, 2.05) is 6.07 Å². The summed E-state index contributed by atoms with van der Waals surface area (Å²) >= 11 is 1.59. The molecule has 1 heterocycles. The molecule has 0 saturated heterocycles. The lowest BCUT2D eigenvalue weighted by molar-refractivity contribution is 0.218. The Hall–Kier alpha value is -1.53.